The molecule has 2 aromatic rings. The first-order valence-corrected chi connectivity index (χ1v) is 8.39. The van der Waals surface area contributed by atoms with Crippen LogP contribution in [0.15, 0.2) is 50.7 Å². The Balaban J connectivity index is 2.35. The van der Waals surface area contributed by atoms with E-state index in [0.717, 1.165) is 0 Å². The highest BCUT2D eigenvalue weighted by Crippen LogP contribution is 2.34. The molecule has 0 saturated heterocycles. The fourth-order valence-electron chi connectivity index (χ4n) is 2.30. The van der Waals surface area contributed by atoms with Crippen molar-refractivity contribution in [2.24, 2.45) is 0 Å². The van der Waals surface area contributed by atoms with Crippen molar-refractivity contribution in [1.29, 1.82) is 0 Å². The third kappa shape index (κ3) is 2.03. The minimum absolute atomic E-state index is 0.0749. The topological polar surface area (TPSA) is 106 Å². The van der Waals surface area contributed by atoms with E-state index in [1.165, 1.54) is 12.1 Å². The molecule has 6 nitrogen and oxygen atoms in total. The summed E-state index contributed by atoms with van der Waals surface area (Å²) in [6.07, 6.45) is 0. The summed E-state index contributed by atoms with van der Waals surface area (Å²) in [6, 6.07) is 9.48. The second-order valence-corrected chi connectivity index (χ2v) is 7.28. The number of imide groups is 1. The summed E-state index contributed by atoms with van der Waals surface area (Å²) in [5.74, 6) is -1.72. The molecule has 3 N–H and O–H groups in total. The Hall–Kier alpha value is -2.19. The summed E-state index contributed by atoms with van der Waals surface area (Å²) in [7, 11) is -4.17. The van der Waals surface area contributed by atoms with Gasteiger partial charge >= 0.3 is 0 Å². The molecule has 3 rings (SSSR count). The summed E-state index contributed by atoms with van der Waals surface area (Å²) in [6.45, 7) is 0. The second kappa shape index (κ2) is 4.92. The molecule has 0 spiro atoms. The minimum atomic E-state index is -4.17. The molecule has 2 amide bonds. The predicted octanol–water partition coefficient (Wildman–Crippen LogP) is 1.46. The van der Waals surface area contributed by atoms with Gasteiger partial charge < -0.3 is 5.73 Å². The van der Waals surface area contributed by atoms with Crippen LogP contribution in [0, 0.1) is 0 Å². The predicted molar refractivity (Wildman–Crippen MR) is 84.6 cm³/mol. The van der Waals surface area contributed by atoms with Crippen molar-refractivity contribution >= 4 is 54.0 Å². The van der Waals surface area contributed by atoms with Crippen LogP contribution in [-0.2, 0) is 19.4 Å². The van der Waals surface area contributed by atoms with Crippen molar-refractivity contribution in [2.45, 2.75) is 4.90 Å². The molecule has 1 aliphatic rings. The number of anilines is 1. The molecule has 0 fully saturated rings. The molecular formula is C14H9BrN2O4S. The number of benzene rings is 2. The Labute approximate surface area is 134 Å². The van der Waals surface area contributed by atoms with Crippen molar-refractivity contribution < 1.29 is 18.0 Å². The van der Waals surface area contributed by atoms with Crippen LogP contribution in [0.4, 0.5) is 5.69 Å². The number of nitrogens with one attached hydrogen (secondary N) is 1. The zero-order valence-electron chi connectivity index (χ0n) is 11.0. The first kappa shape index (κ1) is 14.7. The maximum absolute atomic E-state index is 12.8. The number of fused-ring (bicyclic) bond motifs is 1. The quantitative estimate of drug-likeness (QED) is 0.605. The number of nitrogen functional groups attached to an aromatic ring is 1. The van der Waals surface area contributed by atoms with Gasteiger partial charge in [0.2, 0.25) is 9.84 Å². The molecule has 0 saturated carbocycles. The molecular weight excluding hydrogens is 372 g/mol. The number of rotatable bonds is 2. The van der Waals surface area contributed by atoms with E-state index in [4.69, 9.17) is 5.73 Å². The van der Waals surface area contributed by atoms with Gasteiger partial charge in [-0.3, -0.25) is 14.9 Å². The van der Waals surface area contributed by atoms with E-state index in [2.05, 4.69) is 15.9 Å². The molecule has 0 bridgehead atoms. The summed E-state index contributed by atoms with van der Waals surface area (Å²) in [4.78, 5) is 22.6. The lowest BCUT2D eigenvalue weighted by atomic mass is 10.1. The number of hydrogen-bond acceptors (Lipinski definition) is 5. The lowest BCUT2D eigenvalue weighted by Crippen LogP contribution is -2.24. The molecule has 0 unspecified atom stereocenters. The lowest BCUT2D eigenvalue weighted by molar-refractivity contribution is -0.123. The maximum atomic E-state index is 12.8. The van der Waals surface area contributed by atoms with Gasteiger partial charge in [0.1, 0.15) is 4.48 Å². The number of amides is 2. The third-order valence-corrected chi connectivity index (χ3v) is 6.19. The molecule has 0 aliphatic carbocycles. The van der Waals surface area contributed by atoms with Crippen LogP contribution < -0.4 is 11.1 Å². The van der Waals surface area contributed by atoms with Crippen molar-refractivity contribution in [1.82, 2.24) is 5.32 Å². The van der Waals surface area contributed by atoms with E-state index in [1.807, 2.05) is 5.32 Å². The van der Waals surface area contributed by atoms with Crippen LogP contribution in [0.25, 0.3) is 10.8 Å². The summed E-state index contributed by atoms with van der Waals surface area (Å²) < 4.78 is 25.3. The van der Waals surface area contributed by atoms with E-state index in [-0.39, 0.29) is 9.38 Å². The van der Waals surface area contributed by atoms with Gasteiger partial charge in [-0.25, -0.2) is 8.42 Å². The molecule has 112 valence electrons. The zero-order valence-corrected chi connectivity index (χ0v) is 13.4. The Morgan fingerprint density at radius 1 is 0.955 bits per heavy atom. The first-order chi connectivity index (χ1) is 10.3. The van der Waals surface area contributed by atoms with Gasteiger partial charge in [-0.2, -0.15) is 0 Å². The van der Waals surface area contributed by atoms with Gasteiger partial charge in [-0.1, -0.05) is 24.3 Å². The monoisotopic (exact) mass is 380 g/mol. The van der Waals surface area contributed by atoms with E-state index >= 15 is 0 Å². The smallest absolute Gasteiger partial charge is 0.271 e. The SMILES string of the molecule is Nc1ccc(S(=O)(=O)C2=C(Br)C(=O)NC2=O)c2ccccc12. The van der Waals surface area contributed by atoms with E-state index in [9.17, 15) is 18.0 Å². The Kier molecular flexibility index (Phi) is 3.30. The third-order valence-electron chi connectivity index (χ3n) is 3.31. The molecule has 0 atom stereocenters. The molecule has 2 aromatic carbocycles. The van der Waals surface area contributed by atoms with Crippen LogP contribution in [0.3, 0.4) is 0 Å². The van der Waals surface area contributed by atoms with Crippen LogP contribution in [0.1, 0.15) is 0 Å². The average molecular weight is 381 g/mol. The standard InChI is InChI=1S/C14H9BrN2O4S/c15-11-12(14(19)17-13(11)18)22(20,21)10-6-5-9(16)7-3-1-2-4-8(7)10/h1-6H,16H2,(H,17,18,19). The van der Waals surface area contributed by atoms with Crippen LogP contribution in [-0.4, -0.2) is 20.2 Å². The Bertz CT molecular complexity index is 980. The van der Waals surface area contributed by atoms with Crippen molar-refractivity contribution in [2.75, 3.05) is 5.73 Å². The second-order valence-electron chi connectivity index (χ2n) is 4.63. The highest BCUT2D eigenvalue weighted by atomic mass is 79.9. The number of carbonyl (C=O) groups excluding carboxylic acids is 2. The van der Waals surface area contributed by atoms with Gasteiger partial charge in [0, 0.05) is 16.5 Å². The van der Waals surface area contributed by atoms with Crippen LogP contribution in [0.2, 0.25) is 0 Å². The maximum Gasteiger partial charge on any atom is 0.271 e. The molecule has 22 heavy (non-hydrogen) atoms. The Morgan fingerprint density at radius 3 is 2.18 bits per heavy atom. The van der Waals surface area contributed by atoms with Crippen LogP contribution in [0.5, 0.6) is 0 Å². The first-order valence-electron chi connectivity index (χ1n) is 6.12. The molecule has 8 heteroatoms. The molecule has 0 aromatic heterocycles. The fraction of sp³-hybridized carbons (Fsp3) is 0. The number of carbonyl (C=O) groups is 2. The van der Waals surface area contributed by atoms with Gasteiger partial charge in [0.25, 0.3) is 11.8 Å². The summed E-state index contributed by atoms with van der Waals surface area (Å²) in [5, 5.41) is 2.90. The average Bonchev–Trinajstić information content (AvgIpc) is 2.73. The highest BCUT2D eigenvalue weighted by molar-refractivity contribution is 9.12. The zero-order chi connectivity index (χ0) is 16.1. The number of hydrogen-bond donors (Lipinski definition) is 2. The minimum Gasteiger partial charge on any atom is -0.398 e. The van der Waals surface area contributed by atoms with Crippen LogP contribution >= 0.6 is 15.9 Å². The number of halogens is 1. The van der Waals surface area contributed by atoms with Gasteiger partial charge in [0.05, 0.1) is 4.90 Å². The number of nitrogens with two attached hydrogens (primary N) is 1. The highest BCUT2D eigenvalue weighted by Gasteiger charge is 2.39. The normalized spacial score (nSPS) is 15.5. The van der Waals surface area contributed by atoms with E-state index < -0.39 is 26.6 Å². The van der Waals surface area contributed by atoms with Crippen molar-refractivity contribution in [3.8, 4) is 0 Å². The lowest BCUT2D eigenvalue weighted by Gasteiger charge is -2.09. The van der Waals surface area contributed by atoms with E-state index in [0.29, 0.717) is 16.5 Å². The molecule has 0 radical (unpaired) electrons. The fourth-order valence-corrected chi connectivity index (χ4v) is 4.77. The van der Waals surface area contributed by atoms with Crippen molar-refractivity contribution in [3.63, 3.8) is 0 Å². The van der Waals surface area contributed by atoms with Crippen molar-refractivity contribution in [3.05, 3.63) is 45.8 Å². The van der Waals surface area contributed by atoms with Gasteiger partial charge in [0.15, 0.2) is 4.91 Å². The Morgan fingerprint density at radius 2 is 1.59 bits per heavy atom. The summed E-state index contributed by atoms with van der Waals surface area (Å²) in [5.41, 5.74) is 6.27. The molecule has 1 aliphatic heterocycles. The van der Waals surface area contributed by atoms with E-state index in [1.54, 1.807) is 24.3 Å². The van der Waals surface area contributed by atoms with Gasteiger partial charge in [-0.15, -0.1) is 0 Å². The van der Waals surface area contributed by atoms with Gasteiger partial charge in [-0.05, 0) is 28.1 Å². The molecule has 1 heterocycles. The largest absolute Gasteiger partial charge is 0.398 e. The summed E-state index contributed by atoms with van der Waals surface area (Å²) >= 11 is 2.87. The number of sulfone groups is 1.